The molecule has 8 nitrogen and oxygen atoms in total. The van der Waals surface area contributed by atoms with Gasteiger partial charge in [0.2, 0.25) is 11.8 Å². The number of rotatable bonds is 5. The second-order valence-corrected chi connectivity index (χ2v) is 9.84. The van der Waals surface area contributed by atoms with Crippen molar-refractivity contribution in [3.05, 3.63) is 64.6 Å². The summed E-state index contributed by atoms with van der Waals surface area (Å²) in [6.07, 6.45) is 5.97. The van der Waals surface area contributed by atoms with Crippen molar-refractivity contribution in [3.63, 3.8) is 0 Å². The van der Waals surface area contributed by atoms with E-state index in [2.05, 4.69) is 37.2 Å². The number of hydrogen-bond donors (Lipinski definition) is 3. The normalized spacial score (nSPS) is 23.0. The number of nitrogens with zero attached hydrogens (tertiary/aromatic N) is 2. The van der Waals surface area contributed by atoms with Crippen molar-refractivity contribution >= 4 is 28.5 Å². The number of amides is 2. The average molecular weight is 476 g/mol. The maximum Gasteiger partial charge on any atom is 0.323 e. The average Bonchev–Trinajstić information content (AvgIpc) is 3.33. The summed E-state index contributed by atoms with van der Waals surface area (Å²) < 4.78 is 0. The van der Waals surface area contributed by atoms with E-state index < -0.39 is 0 Å². The van der Waals surface area contributed by atoms with E-state index in [4.69, 9.17) is 0 Å². The summed E-state index contributed by atoms with van der Waals surface area (Å²) in [5, 5.41) is 3.02. The summed E-state index contributed by atoms with van der Waals surface area (Å²) in [7, 11) is 0. The van der Waals surface area contributed by atoms with E-state index in [1.54, 1.807) is 25.1 Å². The second-order valence-electron chi connectivity index (χ2n) is 9.84. The molecule has 2 amide bonds. The van der Waals surface area contributed by atoms with Gasteiger partial charge in [0.25, 0.3) is 0 Å². The molecule has 2 fully saturated rings. The fraction of sp³-hybridized carbons (Fsp3) is 0.444. The van der Waals surface area contributed by atoms with Gasteiger partial charge in [-0.2, -0.15) is 0 Å². The van der Waals surface area contributed by atoms with Crippen LogP contribution in [0.3, 0.4) is 0 Å². The first-order chi connectivity index (χ1) is 17.0. The van der Waals surface area contributed by atoms with Crippen molar-refractivity contribution in [2.75, 3.05) is 18.4 Å². The lowest BCUT2D eigenvalue weighted by Crippen LogP contribution is -2.50. The van der Waals surface area contributed by atoms with Gasteiger partial charge in [0.1, 0.15) is 0 Å². The Morgan fingerprint density at radius 3 is 2.60 bits per heavy atom. The lowest BCUT2D eigenvalue weighted by Gasteiger charge is -2.37. The zero-order chi connectivity index (χ0) is 24.4. The zero-order valence-electron chi connectivity index (χ0n) is 20.1. The minimum atomic E-state index is -0.269. The van der Waals surface area contributed by atoms with Crippen LogP contribution in [0.5, 0.6) is 0 Å². The van der Waals surface area contributed by atoms with Crippen LogP contribution in [0.2, 0.25) is 0 Å². The van der Waals surface area contributed by atoms with Gasteiger partial charge >= 0.3 is 5.69 Å². The Hall–Kier alpha value is -3.39. The Morgan fingerprint density at radius 1 is 1.00 bits per heavy atom. The van der Waals surface area contributed by atoms with Crippen molar-refractivity contribution in [1.29, 1.82) is 0 Å². The van der Waals surface area contributed by atoms with E-state index in [9.17, 15) is 14.4 Å². The number of likely N-dealkylation sites (tertiary alicyclic amines) is 2. The summed E-state index contributed by atoms with van der Waals surface area (Å²) in [6, 6.07) is 16.2. The predicted octanol–water partition coefficient (Wildman–Crippen LogP) is 3.27. The number of fused-ring (bicyclic) bond motifs is 2. The lowest BCUT2D eigenvalue weighted by molar-refractivity contribution is -0.132. The largest absolute Gasteiger partial charge is 0.338 e. The Bertz CT molecular complexity index is 1250. The smallest absolute Gasteiger partial charge is 0.323 e. The SMILES string of the molecule is CC(=O)N1CCCCC[C@@H]2[C@@H]1C[C@@H](Cc1ccccc1)N2CC(=O)Nc1ccc2[nH]c(=O)[nH]c2c1. The summed E-state index contributed by atoms with van der Waals surface area (Å²) in [5.41, 5.74) is 2.99. The van der Waals surface area contributed by atoms with Crippen LogP contribution in [-0.4, -0.2) is 62.8 Å². The molecule has 8 heteroatoms. The molecule has 3 N–H and O–H groups in total. The fourth-order valence-electron chi connectivity index (χ4n) is 5.94. The van der Waals surface area contributed by atoms with Crippen LogP contribution >= 0.6 is 0 Å². The topological polar surface area (TPSA) is 101 Å². The number of anilines is 1. The number of hydrogen-bond acceptors (Lipinski definition) is 4. The van der Waals surface area contributed by atoms with E-state index in [-0.39, 0.29) is 42.2 Å². The molecule has 184 valence electrons. The molecule has 2 aliphatic rings. The molecule has 2 saturated heterocycles. The first-order valence-corrected chi connectivity index (χ1v) is 12.6. The molecule has 0 aliphatic carbocycles. The van der Waals surface area contributed by atoms with E-state index in [0.717, 1.165) is 45.1 Å². The van der Waals surface area contributed by atoms with Crippen LogP contribution < -0.4 is 11.0 Å². The second kappa shape index (κ2) is 10.1. The van der Waals surface area contributed by atoms with E-state index >= 15 is 0 Å². The number of carbonyl (C=O) groups excluding carboxylic acids is 2. The molecule has 0 saturated carbocycles. The molecule has 0 bridgehead atoms. The van der Waals surface area contributed by atoms with Gasteiger partial charge in [0, 0.05) is 37.3 Å². The van der Waals surface area contributed by atoms with Crippen LogP contribution in [-0.2, 0) is 16.0 Å². The molecule has 3 atom stereocenters. The summed E-state index contributed by atoms with van der Waals surface area (Å²) >= 11 is 0. The number of imidazole rings is 1. The van der Waals surface area contributed by atoms with Crippen LogP contribution in [0.4, 0.5) is 5.69 Å². The molecule has 0 unspecified atom stereocenters. The highest BCUT2D eigenvalue weighted by molar-refractivity contribution is 5.94. The van der Waals surface area contributed by atoms with Gasteiger partial charge in [0.15, 0.2) is 0 Å². The number of nitrogens with one attached hydrogen (secondary N) is 3. The van der Waals surface area contributed by atoms with Crippen LogP contribution in [0.25, 0.3) is 11.0 Å². The fourth-order valence-corrected chi connectivity index (χ4v) is 5.94. The summed E-state index contributed by atoms with van der Waals surface area (Å²) in [4.78, 5) is 47.2. The monoisotopic (exact) mass is 475 g/mol. The third kappa shape index (κ3) is 5.17. The number of H-pyrrole nitrogens is 2. The van der Waals surface area contributed by atoms with Gasteiger partial charge in [-0.1, -0.05) is 43.2 Å². The highest BCUT2D eigenvalue weighted by Crippen LogP contribution is 2.35. The molecular weight excluding hydrogens is 442 g/mol. The van der Waals surface area contributed by atoms with Crippen molar-refractivity contribution in [2.24, 2.45) is 0 Å². The van der Waals surface area contributed by atoms with Crippen molar-refractivity contribution in [2.45, 2.75) is 63.6 Å². The minimum Gasteiger partial charge on any atom is -0.338 e. The first kappa shape index (κ1) is 23.4. The molecule has 2 aliphatic heterocycles. The van der Waals surface area contributed by atoms with Crippen LogP contribution in [0.15, 0.2) is 53.3 Å². The van der Waals surface area contributed by atoms with E-state index in [1.807, 2.05) is 18.2 Å². The minimum absolute atomic E-state index is 0.0858. The Labute approximate surface area is 204 Å². The predicted molar refractivity (Wildman–Crippen MR) is 136 cm³/mol. The van der Waals surface area contributed by atoms with Gasteiger partial charge in [-0.25, -0.2) is 4.79 Å². The third-order valence-electron chi connectivity index (χ3n) is 7.50. The summed E-state index contributed by atoms with van der Waals surface area (Å²) in [6.45, 7) is 2.73. The quantitative estimate of drug-likeness (QED) is 0.527. The number of aromatic nitrogens is 2. The third-order valence-corrected chi connectivity index (χ3v) is 7.50. The molecule has 5 rings (SSSR count). The maximum atomic E-state index is 13.2. The van der Waals surface area contributed by atoms with Crippen LogP contribution in [0, 0.1) is 0 Å². The molecule has 2 aromatic carbocycles. The van der Waals surface area contributed by atoms with Crippen molar-refractivity contribution in [3.8, 4) is 0 Å². The molecule has 3 heterocycles. The molecular formula is C27H33N5O3. The molecule has 0 radical (unpaired) electrons. The lowest BCUT2D eigenvalue weighted by atomic mass is 9.96. The maximum absolute atomic E-state index is 13.2. The molecule has 35 heavy (non-hydrogen) atoms. The standard InChI is InChI=1S/C27H33N5O3/c1-18(33)31-13-7-3-6-10-24-25(31)16-21(14-19-8-4-2-5-9-19)32(24)17-26(34)28-20-11-12-22-23(15-20)30-27(35)29-22/h2,4-5,8-9,11-12,15,21,24-25H,3,6-7,10,13-14,16-17H2,1H3,(H,28,34)(H2,29,30,35)/t21-,24-,25+/m1/s1. The van der Waals surface area contributed by atoms with E-state index in [1.165, 1.54) is 5.56 Å². The highest BCUT2D eigenvalue weighted by Gasteiger charge is 2.45. The van der Waals surface area contributed by atoms with Gasteiger partial charge in [0.05, 0.1) is 17.6 Å². The van der Waals surface area contributed by atoms with Gasteiger partial charge in [-0.3, -0.25) is 14.5 Å². The number of aromatic amines is 2. The number of benzene rings is 2. The summed E-state index contributed by atoms with van der Waals surface area (Å²) in [5.74, 6) is 0.0397. The Balaban J connectivity index is 1.38. The number of carbonyl (C=O) groups is 2. The Kier molecular flexibility index (Phi) is 6.72. The molecule has 0 spiro atoms. The van der Waals surface area contributed by atoms with Gasteiger partial charge < -0.3 is 20.2 Å². The van der Waals surface area contributed by atoms with Gasteiger partial charge in [-0.05, 0) is 49.4 Å². The first-order valence-electron chi connectivity index (χ1n) is 12.6. The van der Waals surface area contributed by atoms with Crippen molar-refractivity contribution < 1.29 is 9.59 Å². The van der Waals surface area contributed by atoms with Crippen LogP contribution in [0.1, 0.15) is 44.6 Å². The molecule has 1 aromatic heterocycles. The Morgan fingerprint density at radius 2 is 1.80 bits per heavy atom. The van der Waals surface area contributed by atoms with Gasteiger partial charge in [-0.15, -0.1) is 0 Å². The van der Waals surface area contributed by atoms with E-state index in [0.29, 0.717) is 16.7 Å². The van der Waals surface area contributed by atoms with Crippen molar-refractivity contribution in [1.82, 2.24) is 19.8 Å². The molecule has 3 aromatic rings. The highest BCUT2D eigenvalue weighted by atomic mass is 16.2. The zero-order valence-corrected chi connectivity index (χ0v) is 20.1.